The minimum absolute atomic E-state index is 0.0821. The topological polar surface area (TPSA) is 25.2 Å². The molecule has 0 atom stereocenters. The summed E-state index contributed by atoms with van der Waals surface area (Å²) >= 11 is 0. The van der Waals surface area contributed by atoms with E-state index < -0.39 is 0 Å². The molecule has 21 heavy (non-hydrogen) atoms. The first-order chi connectivity index (χ1) is 10.3. The van der Waals surface area contributed by atoms with Gasteiger partial charge in [-0.15, -0.1) is 0 Å². The van der Waals surface area contributed by atoms with Crippen LogP contribution in [0.5, 0.6) is 0 Å². The molecule has 104 valence electrons. The summed E-state index contributed by atoms with van der Waals surface area (Å²) in [5.41, 5.74) is 4.14. The fraction of sp³-hybridized carbons (Fsp3) is 0.167. The molecule has 0 radical (unpaired) electrons. The summed E-state index contributed by atoms with van der Waals surface area (Å²) in [6, 6.07) is 18.2. The number of rotatable bonds is 1. The van der Waals surface area contributed by atoms with Crippen molar-refractivity contribution in [3.8, 4) is 0 Å². The van der Waals surface area contributed by atoms with Crippen LogP contribution in [-0.4, -0.2) is 17.0 Å². The van der Waals surface area contributed by atoms with Crippen LogP contribution in [0.3, 0.4) is 0 Å². The number of nitrogens with zero attached hydrogens (tertiary/aromatic N) is 2. The van der Waals surface area contributed by atoms with Crippen LogP contribution in [-0.2, 0) is 13.5 Å². The van der Waals surface area contributed by atoms with Crippen molar-refractivity contribution >= 4 is 22.5 Å². The number of hydrogen-bond donors (Lipinski definition) is 0. The second-order valence-corrected chi connectivity index (χ2v) is 5.48. The Hall–Kier alpha value is -2.55. The van der Waals surface area contributed by atoms with Crippen molar-refractivity contribution in [3.05, 3.63) is 65.9 Å². The van der Waals surface area contributed by atoms with Crippen LogP contribution in [0.25, 0.3) is 10.9 Å². The van der Waals surface area contributed by atoms with E-state index in [1.807, 2.05) is 65.0 Å². The van der Waals surface area contributed by atoms with E-state index in [9.17, 15) is 4.79 Å². The van der Waals surface area contributed by atoms with Gasteiger partial charge in [0.15, 0.2) is 0 Å². The van der Waals surface area contributed by atoms with Crippen LogP contribution in [0.15, 0.2) is 54.6 Å². The summed E-state index contributed by atoms with van der Waals surface area (Å²) < 4.78 is 1.98. The Kier molecular flexibility index (Phi) is 2.61. The molecule has 1 aliphatic heterocycles. The number of carbonyl (C=O) groups is 1. The molecule has 0 saturated carbocycles. The largest absolute Gasteiger partial charge is 0.340 e. The molecule has 1 aromatic heterocycles. The van der Waals surface area contributed by atoms with E-state index in [2.05, 4.69) is 6.07 Å². The highest BCUT2D eigenvalue weighted by atomic mass is 16.2. The second kappa shape index (κ2) is 4.48. The molecule has 0 bridgehead atoms. The van der Waals surface area contributed by atoms with Crippen LogP contribution in [0.1, 0.15) is 16.1 Å². The summed E-state index contributed by atoms with van der Waals surface area (Å²) in [6.07, 6.45) is 0.936. The van der Waals surface area contributed by atoms with Crippen molar-refractivity contribution in [1.82, 2.24) is 4.57 Å². The van der Waals surface area contributed by atoms with Crippen molar-refractivity contribution in [2.45, 2.75) is 6.42 Å². The molecular weight excluding hydrogens is 260 g/mol. The van der Waals surface area contributed by atoms with E-state index in [1.54, 1.807) is 0 Å². The van der Waals surface area contributed by atoms with E-state index in [1.165, 1.54) is 5.56 Å². The van der Waals surface area contributed by atoms with E-state index in [4.69, 9.17) is 0 Å². The number of para-hydroxylation sites is 2. The normalized spacial score (nSPS) is 13.7. The fourth-order valence-electron chi connectivity index (χ4n) is 3.18. The average molecular weight is 276 g/mol. The molecule has 0 unspecified atom stereocenters. The van der Waals surface area contributed by atoms with Crippen molar-refractivity contribution in [2.24, 2.45) is 7.05 Å². The summed E-state index contributed by atoms with van der Waals surface area (Å²) in [5, 5.41) is 1.11. The molecule has 0 saturated heterocycles. The van der Waals surface area contributed by atoms with Crippen molar-refractivity contribution < 1.29 is 4.79 Å². The molecule has 3 heteroatoms. The van der Waals surface area contributed by atoms with E-state index in [-0.39, 0.29) is 5.91 Å². The van der Waals surface area contributed by atoms with Gasteiger partial charge in [-0.25, -0.2) is 0 Å². The molecule has 4 rings (SSSR count). The van der Waals surface area contributed by atoms with Gasteiger partial charge in [-0.2, -0.15) is 0 Å². The number of aromatic nitrogens is 1. The van der Waals surface area contributed by atoms with Gasteiger partial charge in [0.2, 0.25) is 0 Å². The zero-order valence-electron chi connectivity index (χ0n) is 11.9. The van der Waals surface area contributed by atoms with Gasteiger partial charge < -0.3 is 9.47 Å². The molecule has 1 amide bonds. The Labute approximate surface area is 123 Å². The van der Waals surface area contributed by atoms with Gasteiger partial charge in [0, 0.05) is 30.2 Å². The minimum Gasteiger partial charge on any atom is -0.340 e. The lowest BCUT2D eigenvalue weighted by atomic mass is 10.2. The molecule has 3 nitrogen and oxygen atoms in total. The number of amides is 1. The Morgan fingerprint density at radius 2 is 1.81 bits per heavy atom. The van der Waals surface area contributed by atoms with Crippen molar-refractivity contribution in [1.29, 1.82) is 0 Å². The summed E-state index contributed by atoms with van der Waals surface area (Å²) in [5.74, 6) is 0.0821. The third kappa shape index (κ3) is 1.77. The monoisotopic (exact) mass is 276 g/mol. The fourth-order valence-corrected chi connectivity index (χ4v) is 3.18. The SMILES string of the molecule is Cn1c(C(=O)N2CCc3ccccc32)cc2ccccc21. The predicted octanol–water partition coefficient (Wildman–Crippen LogP) is 3.38. The van der Waals surface area contributed by atoms with Gasteiger partial charge in [0.1, 0.15) is 5.69 Å². The summed E-state index contributed by atoms with van der Waals surface area (Å²) in [7, 11) is 1.96. The van der Waals surface area contributed by atoms with Gasteiger partial charge in [0.05, 0.1) is 0 Å². The third-order valence-electron chi connectivity index (χ3n) is 4.30. The number of aryl methyl sites for hydroxylation is 1. The van der Waals surface area contributed by atoms with Gasteiger partial charge in [-0.3, -0.25) is 4.79 Å². The molecule has 3 aromatic rings. The van der Waals surface area contributed by atoms with Crippen LogP contribution in [0.4, 0.5) is 5.69 Å². The molecule has 0 N–H and O–H groups in total. The first-order valence-corrected chi connectivity index (χ1v) is 7.20. The number of fused-ring (bicyclic) bond motifs is 2. The molecule has 0 fully saturated rings. The Balaban J connectivity index is 1.80. The zero-order valence-corrected chi connectivity index (χ0v) is 11.9. The third-order valence-corrected chi connectivity index (χ3v) is 4.30. The number of anilines is 1. The highest BCUT2D eigenvalue weighted by Crippen LogP contribution is 2.30. The van der Waals surface area contributed by atoms with Crippen LogP contribution >= 0.6 is 0 Å². The van der Waals surface area contributed by atoms with Gasteiger partial charge in [0.25, 0.3) is 5.91 Å². The van der Waals surface area contributed by atoms with Crippen molar-refractivity contribution in [3.63, 3.8) is 0 Å². The first-order valence-electron chi connectivity index (χ1n) is 7.20. The quantitative estimate of drug-likeness (QED) is 0.669. The van der Waals surface area contributed by atoms with Crippen molar-refractivity contribution in [2.75, 3.05) is 11.4 Å². The molecule has 0 aliphatic carbocycles. The molecular formula is C18H16N2O. The standard InChI is InChI=1S/C18H16N2O/c1-19-15-8-4-3-7-14(15)12-17(19)18(21)20-11-10-13-6-2-5-9-16(13)20/h2-9,12H,10-11H2,1H3. The van der Waals surface area contributed by atoms with E-state index in [0.717, 1.165) is 35.2 Å². The smallest absolute Gasteiger partial charge is 0.274 e. The Morgan fingerprint density at radius 3 is 2.67 bits per heavy atom. The Bertz CT molecular complexity index is 847. The van der Waals surface area contributed by atoms with Gasteiger partial charge in [-0.1, -0.05) is 36.4 Å². The number of carbonyl (C=O) groups excluding carboxylic acids is 1. The van der Waals surface area contributed by atoms with Crippen LogP contribution in [0.2, 0.25) is 0 Å². The van der Waals surface area contributed by atoms with Gasteiger partial charge in [-0.05, 0) is 30.2 Å². The maximum atomic E-state index is 12.9. The van der Waals surface area contributed by atoms with Gasteiger partial charge >= 0.3 is 0 Å². The molecule has 1 aliphatic rings. The zero-order chi connectivity index (χ0) is 14.4. The van der Waals surface area contributed by atoms with Crippen LogP contribution < -0.4 is 4.90 Å². The maximum absolute atomic E-state index is 12.9. The highest BCUT2D eigenvalue weighted by molar-refractivity contribution is 6.08. The Morgan fingerprint density at radius 1 is 1.05 bits per heavy atom. The molecule has 0 spiro atoms. The summed E-state index contributed by atoms with van der Waals surface area (Å²) in [4.78, 5) is 14.8. The lowest BCUT2D eigenvalue weighted by molar-refractivity contribution is 0.0982. The van der Waals surface area contributed by atoms with Crippen LogP contribution in [0, 0.1) is 0 Å². The number of hydrogen-bond acceptors (Lipinski definition) is 1. The minimum atomic E-state index is 0.0821. The number of benzene rings is 2. The lowest BCUT2D eigenvalue weighted by Crippen LogP contribution is -2.30. The molecule has 2 heterocycles. The maximum Gasteiger partial charge on any atom is 0.274 e. The van der Waals surface area contributed by atoms with E-state index in [0.29, 0.717) is 0 Å². The first kappa shape index (κ1) is 12.2. The highest BCUT2D eigenvalue weighted by Gasteiger charge is 2.27. The predicted molar refractivity (Wildman–Crippen MR) is 84.7 cm³/mol. The summed E-state index contributed by atoms with van der Waals surface area (Å²) in [6.45, 7) is 0.764. The second-order valence-electron chi connectivity index (χ2n) is 5.48. The lowest BCUT2D eigenvalue weighted by Gasteiger charge is -2.17. The average Bonchev–Trinajstić information content (AvgIpc) is 3.09. The van der Waals surface area contributed by atoms with E-state index >= 15 is 0 Å². The molecule has 2 aromatic carbocycles.